The van der Waals surface area contributed by atoms with Gasteiger partial charge in [0.15, 0.2) is 56.3 Å². The van der Waals surface area contributed by atoms with Crippen LogP contribution in [-0.2, 0) is 111 Å². The Bertz CT molecular complexity index is 6430. The topological polar surface area (TPSA) is 618 Å². The molecule has 0 bridgehead atoms. The minimum Gasteiger partial charge on any atom is -0.444 e. The molecule has 10 rings (SSSR count). The number of nitrogens with one attached hydrogen (secondary N) is 5. The lowest BCUT2D eigenvalue weighted by Gasteiger charge is -2.24. The highest BCUT2D eigenvalue weighted by Gasteiger charge is 2.23. The number of guanidine groups is 3. The molecule has 0 aliphatic carbocycles. The summed E-state index contributed by atoms with van der Waals surface area (Å²) in [6, 6.07) is 0. The van der Waals surface area contributed by atoms with E-state index >= 15 is 0 Å². The molecular weight excluding hydrogens is 1930 g/mol. The molecule has 49 nitrogen and oxygen atoms in total. The molecule has 0 spiro atoms. The number of aryl methyl sites for hydroxylation is 9. The van der Waals surface area contributed by atoms with Crippen molar-refractivity contribution in [3.8, 4) is 6.19 Å². The zero-order chi connectivity index (χ0) is 103. The quantitative estimate of drug-likeness (QED) is 0.00610. The average molecular weight is 2080 g/mol. The van der Waals surface area contributed by atoms with Gasteiger partial charge < -0.3 is 86.1 Å². The molecule has 3 amide bonds. The number of hydrogen-bond donors (Lipinski definition) is 9. The first kappa shape index (κ1) is 125. The van der Waals surface area contributed by atoms with Crippen molar-refractivity contribution in [2.75, 3.05) is 59.2 Å². The van der Waals surface area contributed by atoms with E-state index < -0.39 is 22.9 Å². The van der Waals surface area contributed by atoms with Crippen LogP contribution in [0.3, 0.4) is 0 Å². The number of alkyl carbamates (subject to hydrolysis) is 2. The fraction of sp³-hybridized carbons (Fsp3) is 0.636. The van der Waals surface area contributed by atoms with Crippen LogP contribution in [-0.4, -0.2) is 216 Å². The number of carbonyl (C=O) groups is 3. The Balaban J connectivity index is 0.000000839. The van der Waals surface area contributed by atoms with Crippen LogP contribution < -0.4 is 95.1 Å². The largest absolute Gasteiger partial charge is 0.444 e. The predicted molar refractivity (Wildman–Crippen MR) is 554 cm³/mol. The lowest BCUT2D eigenvalue weighted by atomic mass is 10.2. The Morgan fingerprint density at radius 3 is 0.993 bits per heavy atom. The maximum Gasteiger partial charge on any atom is 0.410 e. The smallest absolute Gasteiger partial charge is 0.410 e. The number of alkyl halides is 1. The highest BCUT2D eigenvalue weighted by molar-refractivity contribution is 9.09. The van der Waals surface area contributed by atoms with Gasteiger partial charge >= 0.3 is 46.7 Å². The van der Waals surface area contributed by atoms with E-state index in [2.05, 4.69) is 71.8 Å². The number of nitrogens with two attached hydrogens (primary N) is 4. The van der Waals surface area contributed by atoms with Gasteiger partial charge in [0.25, 0.3) is 27.8 Å². The van der Waals surface area contributed by atoms with Crippen LogP contribution in [0.2, 0.25) is 0 Å². The summed E-state index contributed by atoms with van der Waals surface area (Å²) in [5, 5.41) is 25.0. The van der Waals surface area contributed by atoms with Crippen LogP contribution in [0.4, 0.5) is 14.4 Å². The number of H-pyrrole nitrogens is 1. The van der Waals surface area contributed by atoms with Crippen molar-refractivity contribution < 1.29 is 28.6 Å². The second-order valence-electron chi connectivity index (χ2n) is 35.6. The van der Waals surface area contributed by atoms with Crippen molar-refractivity contribution in [3.63, 3.8) is 0 Å². The summed E-state index contributed by atoms with van der Waals surface area (Å²) in [6.07, 6.45) is 28.4. The van der Waals surface area contributed by atoms with Crippen LogP contribution in [0.1, 0.15) is 198 Å². The number of aliphatic imine (C=N–C) groups is 2. The molecule has 10 heterocycles. The molecular formula is C88H150BrCl2N33O16. The number of hydrogen-bond acceptors (Lipinski definition) is 25. The summed E-state index contributed by atoms with van der Waals surface area (Å²) in [4.78, 5) is 188. The molecule has 0 atom stereocenters. The minimum atomic E-state index is -0.488. The van der Waals surface area contributed by atoms with Crippen LogP contribution in [0.5, 0.6) is 0 Å². The number of amides is 3. The number of aromatic amines is 1. The lowest BCUT2D eigenvalue weighted by Crippen LogP contribution is -2.37. The maximum absolute atomic E-state index is 12.4. The minimum absolute atomic E-state index is 0. The number of imidazole rings is 5. The standard InChI is InChI=1S/C19H31N5O4.C18H29N5O4.C16H27N9O2.C14H23N5O2.C11H22BrNO2.C7H8N4O2.C2H4N4.CH4.2ClH/c1-19(2,3)28-18(27)21(4)11-9-7-8-10-12-24-13-20-15-14(24)16(25)23(6)17(26)22(15)5;1-18(2,3)27-16(25)19-10-8-6-7-9-11-23-12-20-14-13(23)15(24)22(5)17(26)21(14)4;1-22(15(19)21-14(17)18)8-6-4-5-7-9-25-10-20-12-11(25)13(26)24(3)16(27)23(12)2;1-15-8-6-4-5-7-9-19-10-16-12-11(19)13(20)18(3)14(21)17(12)2;1-11(2,3)15-10(14)13-9-7-5-4-6-8-12;1-10-5-4(8-3-9-5)6(12)11(2)7(10)13;3-1-6-2(4)5;;;/h13H,7-12H2,1-6H3;12H,6-11H2,1-5H3,(H,19,25);10H,4-9H2,1-3H3,(H5,17,18,19,21);10,15H,4-9H2,1-3H3;4-9H2,1-3H3,(H,13,14);3H,1-2H3,(H,8,9);(H4,4,5,6);1H4;2*1H. The third kappa shape index (κ3) is 38.7. The molecule has 0 unspecified atom stereocenters. The highest BCUT2D eigenvalue weighted by atomic mass is 79.9. The van der Waals surface area contributed by atoms with E-state index in [4.69, 9.17) is 47.8 Å². The monoisotopic (exact) mass is 2070 g/mol. The second-order valence-corrected chi connectivity index (χ2v) is 36.4. The summed E-state index contributed by atoms with van der Waals surface area (Å²) in [7, 11) is 20.9. The molecule has 13 N–H and O–H groups in total. The molecule has 0 saturated heterocycles. The van der Waals surface area contributed by atoms with Gasteiger partial charge in [-0.1, -0.05) is 87.6 Å². The second kappa shape index (κ2) is 60.2. The van der Waals surface area contributed by atoms with E-state index in [9.17, 15) is 62.3 Å². The van der Waals surface area contributed by atoms with Gasteiger partial charge in [-0.25, -0.2) is 63.3 Å². The molecule has 10 aromatic rings. The summed E-state index contributed by atoms with van der Waals surface area (Å²) in [5.74, 6) is -0.276. The van der Waals surface area contributed by atoms with Crippen molar-refractivity contribution >= 4 is 133 Å². The van der Waals surface area contributed by atoms with Crippen molar-refractivity contribution in [3.05, 3.63) is 136 Å². The summed E-state index contributed by atoms with van der Waals surface area (Å²) >= 11 is 3.39. The van der Waals surface area contributed by atoms with Crippen LogP contribution in [0.25, 0.3) is 55.8 Å². The summed E-state index contributed by atoms with van der Waals surface area (Å²) in [5.41, 5.74) is 19.4. The number of unbranched alkanes of at least 4 members (excludes halogenated alkanes) is 15. The van der Waals surface area contributed by atoms with Gasteiger partial charge in [-0.3, -0.25) is 75.1 Å². The molecule has 0 aliphatic rings. The van der Waals surface area contributed by atoms with E-state index in [0.717, 1.165) is 150 Å². The average Bonchev–Trinajstić information content (AvgIpc) is 1.63. The number of nitrogens with zero attached hydrogens (tertiary/aromatic N) is 24. The first-order valence-electron chi connectivity index (χ1n) is 45.3. The number of ether oxygens (including phenoxy) is 3. The summed E-state index contributed by atoms with van der Waals surface area (Å²) < 4.78 is 35.3. The Labute approximate surface area is 832 Å². The van der Waals surface area contributed by atoms with Gasteiger partial charge in [-0.05, 0) is 140 Å². The van der Waals surface area contributed by atoms with Gasteiger partial charge in [-0.15, -0.1) is 29.8 Å². The number of halogens is 3. The molecule has 0 aliphatic heterocycles. The number of carbonyl (C=O) groups excluding carboxylic acids is 3. The van der Waals surface area contributed by atoms with Gasteiger partial charge in [0, 0.05) is 142 Å². The lowest BCUT2D eigenvalue weighted by molar-refractivity contribution is 0.0295. The maximum atomic E-state index is 12.4. The van der Waals surface area contributed by atoms with Crippen molar-refractivity contribution in [2.45, 2.75) is 241 Å². The predicted octanol–water partition coefficient (Wildman–Crippen LogP) is 5.37. The highest BCUT2D eigenvalue weighted by Crippen LogP contribution is 2.17. The molecule has 140 heavy (non-hydrogen) atoms. The molecule has 52 heteroatoms. The number of rotatable bonds is 34. The van der Waals surface area contributed by atoms with Crippen LogP contribution in [0, 0.1) is 16.9 Å². The van der Waals surface area contributed by atoms with Gasteiger partial charge in [-0.2, -0.15) is 10.3 Å². The van der Waals surface area contributed by atoms with E-state index in [0.29, 0.717) is 102 Å². The zero-order valence-corrected chi connectivity index (χ0v) is 87.6. The molecule has 0 aromatic carbocycles. The van der Waals surface area contributed by atoms with Crippen LogP contribution >= 0.6 is 40.7 Å². The van der Waals surface area contributed by atoms with E-state index in [1.165, 1.54) is 89.9 Å². The fourth-order valence-corrected chi connectivity index (χ4v) is 14.0. The van der Waals surface area contributed by atoms with E-state index in [1.807, 2.05) is 78.5 Å². The van der Waals surface area contributed by atoms with Crippen molar-refractivity contribution in [1.29, 1.82) is 10.7 Å². The molecule has 0 radical (unpaired) electrons. The molecule has 784 valence electrons. The normalized spacial score (nSPS) is 10.9. The molecule has 0 fully saturated rings. The zero-order valence-electron chi connectivity index (χ0n) is 84.4. The Morgan fingerprint density at radius 2 is 0.707 bits per heavy atom. The van der Waals surface area contributed by atoms with E-state index in [1.54, 1.807) is 93.6 Å². The summed E-state index contributed by atoms with van der Waals surface area (Å²) in [6.45, 7) is 23.0. The Morgan fingerprint density at radius 1 is 0.421 bits per heavy atom. The van der Waals surface area contributed by atoms with Crippen molar-refractivity contribution in [2.24, 2.45) is 103 Å². The fourth-order valence-electron chi connectivity index (χ4n) is 13.6. The number of aromatic nitrogens is 20. The van der Waals surface area contributed by atoms with Gasteiger partial charge in [0.2, 0.25) is 18.1 Å². The third-order valence-electron chi connectivity index (χ3n) is 21.0. The first-order chi connectivity index (χ1) is 64.3. The number of fused-ring (bicyclic) bond motifs is 5. The SMILES string of the molecule is C.CC(C)(C)OC(=O)NCCCCCCBr.CN(CCCCCCn1cnc2c1c(=O)n(C)c(=O)n2C)C(=N)N=C(N)N.CN(CCCCCCn1cnc2c1c(=O)n(C)c(=O)n2C)C(=O)OC(C)(C)C.CNCCCCCCn1cnc2c1c(=O)n(C)c(=O)n2C.Cl.Cl.Cn1c(=O)c2[nH]cnc2n(C)c1=O.Cn1c(=O)c2c(ncn2CCCCCCNC(=O)OC(C)(C)C)n(C)c1=O.N#CN=C(N)N. The van der Waals surface area contributed by atoms with Gasteiger partial charge in [0.1, 0.15) is 22.3 Å². The molecule has 10 aromatic heterocycles. The molecule has 0 saturated carbocycles. The first-order valence-corrected chi connectivity index (χ1v) is 46.4. The Kier molecular flexibility index (Phi) is 53.7. The van der Waals surface area contributed by atoms with Crippen LogP contribution in [0.15, 0.2) is 89.6 Å². The van der Waals surface area contributed by atoms with E-state index in [-0.39, 0.29) is 119 Å². The number of nitriles is 1. The van der Waals surface area contributed by atoms with Crippen molar-refractivity contribution in [1.82, 2.24) is 120 Å². The third-order valence-corrected chi connectivity index (χ3v) is 21.5. The van der Waals surface area contributed by atoms with Gasteiger partial charge in [0.05, 0.1) is 31.6 Å². The Hall–Kier alpha value is -12.9.